The molecule has 1 aliphatic carbocycles. The molecule has 140 valence electrons. The molecule has 2 unspecified atom stereocenters. The first kappa shape index (κ1) is 16.9. The van der Waals surface area contributed by atoms with Gasteiger partial charge in [-0.15, -0.1) is 0 Å². The summed E-state index contributed by atoms with van der Waals surface area (Å²) in [6.45, 7) is 1.40. The molecule has 1 N–H and O–H groups in total. The van der Waals surface area contributed by atoms with Crippen LogP contribution in [0.25, 0.3) is 11.1 Å². The Labute approximate surface area is 163 Å². The van der Waals surface area contributed by atoms with Crippen LogP contribution in [0.5, 0.6) is 0 Å². The second kappa shape index (κ2) is 7.03. The summed E-state index contributed by atoms with van der Waals surface area (Å²) >= 11 is 0. The number of carbonyl (C=O) groups is 1. The third kappa shape index (κ3) is 2.91. The van der Waals surface area contributed by atoms with Crippen LogP contribution in [0.1, 0.15) is 23.2 Å². The van der Waals surface area contributed by atoms with Crippen LogP contribution in [-0.4, -0.2) is 52.3 Å². The SMILES string of the molecule is O=C(NCC1C2=C(C=CCC2)C2CN=CN21)c1cccc(-c2cncnc2)c1. The fourth-order valence-electron chi connectivity index (χ4n) is 4.35. The number of aliphatic imine (C=N–C) groups is 1. The van der Waals surface area contributed by atoms with E-state index in [1.165, 1.54) is 17.5 Å². The van der Waals surface area contributed by atoms with E-state index in [2.05, 4.69) is 37.3 Å². The Morgan fingerprint density at radius 3 is 3.00 bits per heavy atom. The van der Waals surface area contributed by atoms with E-state index in [1.54, 1.807) is 12.4 Å². The molecule has 3 aliphatic rings. The minimum atomic E-state index is -0.0632. The van der Waals surface area contributed by atoms with Gasteiger partial charge in [-0.05, 0) is 41.7 Å². The van der Waals surface area contributed by atoms with Crippen molar-refractivity contribution in [3.63, 3.8) is 0 Å². The van der Waals surface area contributed by atoms with Crippen LogP contribution in [0.15, 0.2) is 71.3 Å². The van der Waals surface area contributed by atoms with E-state index >= 15 is 0 Å². The van der Waals surface area contributed by atoms with Gasteiger partial charge in [0.25, 0.3) is 5.91 Å². The van der Waals surface area contributed by atoms with E-state index in [9.17, 15) is 4.79 Å². The zero-order chi connectivity index (χ0) is 18.9. The van der Waals surface area contributed by atoms with Crippen molar-refractivity contribution in [2.24, 2.45) is 4.99 Å². The van der Waals surface area contributed by atoms with Crippen molar-refractivity contribution >= 4 is 12.2 Å². The summed E-state index contributed by atoms with van der Waals surface area (Å²) in [5.41, 5.74) is 5.32. The second-order valence-electron chi connectivity index (χ2n) is 7.30. The number of nitrogens with one attached hydrogen (secondary N) is 1. The van der Waals surface area contributed by atoms with Crippen LogP contribution in [0.2, 0.25) is 0 Å². The Morgan fingerprint density at radius 2 is 2.11 bits per heavy atom. The Balaban J connectivity index is 1.32. The number of amides is 1. The first-order chi connectivity index (χ1) is 13.8. The molecule has 6 heteroatoms. The third-order valence-corrected chi connectivity index (χ3v) is 5.70. The first-order valence-electron chi connectivity index (χ1n) is 9.62. The minimum Gasteiger partial charge on any atom is -0.350 e. The molecular formula is C22H21N5O. The van der Waals surface area contributed by atoms with Gasteiger partial charge in [-0.1, -0.05) is 24.3 Å². The van der Waals surface area contributed by atoms with Gasteiger partial charge in [0.05, 0.1) is 25.0 Å². The zero-order valence-corrected chi connectivity index (χ0v) is 15.5. The van der Waals surface area contributed by atoms with Gasteiger partial charge in [0.1, 0.15) is 6.33 Å². The van der Waals surface area contributed by atoms with Gasteiger partial charge in [-0.3, -0.25) is 9.79 Å². The largest absolute Gasteiger partial charge is 0.350 e. The lowest BCUT2D eigenvalue weighted by Gasteiger charge is -2.26. The van der Waals surface area contributed by atoms with Crippen LogP contribution < -0.4 is 5.32 Å². The van der Waals surface area contributed by atoms with Crippen molar-refractivity contribution in [3.8, 4) is 11.1 Å². The Bertz CT molecular complexity index is 995. The van der Waals surface area contributed by atoms with Gasteiger partial charge >= 0.3 is 0 Å². The summed E-state index contributed by atoms with van der Waals surface area (Å²) in [6, 6.07) is 8.12. The van der Waals surface area contributed by atoms with E-state index < -0.39 is 0 Å². The molecule has 2 aliphatic heterocycles. The average Bonchev–Trinajstić information content (AvgIpc) is 3.34. The summed E-state index contributed by atoms with van der Waals surface area (Å²) in [4.78, 5) is 27.7. The lowest BCUT2D eigenvalue weighted by atomic mass is 9.93. The van der Waals surface area contributed by atoms with E-state index in [0.29, 0.717) is 18.2 Å². The normalized spacial score (nSPS) is 22.4. The molecule has 0 saturated carbocycles. The maximum absolute atomic E-state index is 12.8. The van der Waals surface area contributed by atoms with Gasteiger partial charge in [0, 0.05) is 30.1 Å². The van der Waals surface area contributed by atoms with E-state index in [1.807, 2.05) is 30.6 Å². The highest BCUT2D eigenvalue weighted by Gasteiger charge is 2.40. The van der Waals surface area contributed by atoms with E-state index in [-0.39, 0.29) is 11.9 Å². The standard InChI is InChI=1S/C22H21N5O/c28-22(16-5-3-4-15(8-16)17-9-23-13-24-10-17)26-12-21-19-7-2-1-6-18(19)20-11-25-14-27(20)21/h1,3-6,8-10,13-14,20-21H,2,7,11-12H2,(H,26,28). The van der Waals surface area contributed by atoms with Crippen molar-refractivity contribution in [3.05, 3.63) is 71.8 Å². The number of rotatable bonds is 4. The molecule has 0 fully saturated rings. The maximum Gasteiger partial charge on any atom is 0.251 e. The highest BCUT2D eigenvalue weighted by Crippen LogP contribution is 2.37. The predicted molar refractivity (Wildman–Crippen MR) is 108 cm³/mol. The molecule has 0 bridgehead atoms. The Hall–Kier alpha value is -3.28. The smallest absolute Gasteiger partial charge is 0.251 e. The molecular weight excluding hydrogens is 350 g/mol. The quantitative estimate of drug-likeness (QED) is 0.897. The summed E-state index contributed by atoms with van der Waals surface area (Å²) in [6.07, 6.45) is 13.6. The summed E-state index contributed by atoms with van der Waals surface area (Å²) in [7, 11) is 0. The lowest BCUT2D eigenvalue weighted by molar-refractivity contribution is 0.0947. The monoisotopic (exact) mass is 371 g/mol. The predicted octanol–water partition coefficient (Wildman–Crippen LogP) is 2.61. The maximum atomic E-state index is 12.8. The summed E-state index contributed by atoms with van der Waals surface area (Å²) < 4.78 is 0. The van der Waals surface area contributed by atoms with Crippen LogP contribution >= 0.6 is 0 Å². The highest BCUT2D eigenvalue weighted by molar-refractivity contribution is 5.95. The van der Waals surface area contributed by atoms with Gasteiger partial charge < -0.3 is 10.2 Å². The van der Waals surface area contributed by atoms with Crippen molar-refractivity contribution < 1.29 is 4.79 Å². The minimum absolute atomic E-state index is 0.0632. The summed E-state index contributed by atoms with van der Waals surface area (Å²) in [5.74, 6) is -0.0632. The molecule has 2 atom stereocenters. The van der Waals surface area contributed by atoms with Gasteiger partial charge in [-0.2, -0.15) is 0 Å². The molecule has 1 amide bonds. The summed E-state index contributed by atoms with van der Waals surface area (Å²) in [5, 5.41) is 3.13. The topological polar surface area (TPSA) is 70.5 Å². The van der Waals surface area contributed by atoms with Crippen molar-refractivity contribution in [1.29, 1.82) is 0 Å². The van der Waals surface area contributed by atoms with Crippen LogP contribution in [0, 0.1) is 0 Å². The molecule has 5 rings (SSSR count). The van der Waals surface area contributed by atoms with Crippen LogP contribution in [0.3, 0.4) is 0 Å². The number of hydrogen-bond acceptors (Lipinski definition) is 5. The molecule has 6 nitrogen and oxygen atoms in total. The zero-order valence-electron chi connectivity index (χ0n) is 15.5. The molecule has 0 saturated heterocycles. The molecule has 1 aromatic carbocycles. The van der Waals surface area contributed by atoms with E-state index in [4.69, 9.17) is 0 Å². The van der Waals surface area contributed by atoms with Crippen LogP contribution in [-0.2, 0) is 0 Å². The fraction of sp³-hybridized carbons (Fsp3) is 0.273. The average molecular weight is 371 g/mol. The molecule has 0 radical (unpaired) electrons. The molecule has 1 aromatic heterocycles. The lowest BCUT2D eigenvalue weighted by Crippen LogP contribution is -2.43. The van der Waals surface area contributed by atoms with Crippen molar-refractivity contribution in [1.82, 2.24) is 20.2 Å². The molecule has 2 aromatic rings. The Kier molecular flexibility index (Phi) is 4.24. The number of aromatic nitrogens is 2. The first-order valence-corrected chi connectivity index (χ1v) is 9.62. The van der Waals surface area contributed by atoms with E-state index in [0.717, 1.165) is 30.5 Å². The van der Waals surface area contributed by atoms with Crippen molar-refractivity contribution in [2.75, 3.05) is 13.1 Å². The molecule has 0 spiro atoms. The van der Waals surface area contributed by atoms with Crippen LogP contribution in [0.4, 0.5) is 0 Å². The second-order valence-corrected chi connectivity index (χ2v) is 7.30. The molecule has 28 heavy (non-hydrogen) atoms. The fourth-order valence-corrected chi connectivity index (χ4v) is 4.35. The number of carbonyl (C=O) groups excluding carboxylic acids is 1. The Morgan fingerprint density at radius 1 is 1.21 bits per heavy atom. The number of allylic oxidation sites excluding steroid dienone is 1. The number of fused-ring (bicyclic) bond motifs is 2. The van der Waals surface area contributed by atoms with Gasteiger partial charge in [0.2, 0.25) is 0 Å². The number of benzene rings is 1. The highest BCUT2D eigenvalue weighted by atomic mass is 16.1. The number of nitrogens with zero attached hydrogens (tertiary/aromatic N) is 4. The number of hydrogen-bond donors (Lipinski definition) is 1. The van der Waals surface area contributed by atoms with Gasteiger partial charge in [0.15, 0.2) is 0 Å². The molecule has 3 heterocycles. The third-order valence-electron chi connectivity index (χ3n) is 5.70. The van der Waals surface area contributed by atoms with Crippen molar-refractivity contribution in [2.45, 2.75) is 24.9 Å². The van der Waals surface area contributed by atoms with Gasteiger partial charge in [-0.25, -0.2) is 9.97 Å².